The van der Waals surface area contributed by atoms with E-state index < -0.39 is 0 Å². The molecule has 3 heterocycles. The van der Waals surface area contributed by atoms with E-state index >= 15 is 0 Å². The summed E-state index contributed by atoms with van der Waals surface area (Å²) in [7, 11) is 0. The van der Waals surface area contributed by atoms with Gasteiger partial charge in [0.05, 0.1) is 15.6 Å². The third kappa shape index (κ3) is 4.74. The average molecular weight is 426 g/mol. The SMILES string of the molecule is Cc1cc(C)c(Oc2nc(-c3cncc(Cl)c3)ccc2SN2CCCC2)c(C)c1. The average Bonchev–Trinajstić information content (AvgIpc) is 3.19. The van der Waals surface area contributed by atoms with Crippen LogP contribution in [0, 0.1) is 20.8 Å². The van der Waals surface area contributed by atoms with Crippen LogP contribution in [-0.4, -0.2) is 27.4 Å². The molecule has 0 N–H and O–H groups in total. The highest BCUT2D eigenvalue weighted by Crippen LogP contribution is 2.38. The summed E-state index contributed by atoms with van der Waals surface area (Å²) in [5, 5.41) is 0.590. The van der Waals surface area contributed by atoms with Gasteiger partial charge in [-0.25, -0.2) is 9.29 Å². The van der Waals surface area contributed by atoms with Crippen LogP contribution in [0.15, 0.2) is 47.6 Å². The zero-order valence-corrected chi connectivity index (χ0v) is 18.5. The fourth-order valence-corrected chi connectivity index (χ4v) is 4.81. The summed E-state index contributed by atoms with van der Waals surface area (Å²) < 4.78 is 8.79. The molecule has 6 heteroatoms. The summed E-state index contributed by atoms with van der Waals surface area (Å²) in [6.45, 7) is 8.43. The second kappa shape index (κ2) is 8.74. The molecular weight excluding hydrogens is 402 g/mol. The first kappa shape index (κ1) is 20.2. The maximum Gasteiger partial charge on any atom is 0.234 e. The summed E-state index contributed by atoms with van der Waals surface area (Å²) in [5.74, 6) is 1.49. The van der Waals surface area contributed by atoms with Gasteiger partial charge < -0.3 is 4.74 Å². The number of hydrogen-bond acceptors (Lipinski definition) is 5. The highest BCUT2D eigenvalue weighted by Gasteiger charge is 2.19. The Morgan fingerprint density at radius 1 is 1.00 bits per heavy atom. The van der Waals surface area contributed by atoms with Gasteiger partial charge in [-0.2, -0.15) is 0 Å². The second-order valence-electron chi connectivity index (χ2n) is 7.45. The highest BCUT2D eigenvalue weighted by atomic mass is 35.5. The molecule has 150 valence electrons. The van der Waals surface area contributed by atoms with Gasteiger partial charge in [0.15, 0.2) is 0 Å². The Morgan fingerprint density at radius 2 is 1.72 bits per heavy atom. The van der Waals surface area contributed by atoms with E-state index in [1.807, 2.05) is 12.1 Å². The zero-order chi connectivity index (χ0) is 20.4. The Morgan fingerprint density at radius 3 is 2.41 bits per heavy atom. The van der Waals surface area contributed by atoms with Crippen molar-refractivity contribution in [1.29, 1.82) is 0 Å². The van der Waals surface area contributed by atoms with Gasteiger partial charge in [-0.05, 0) is 74.9 Å². The topological polar surface area (TPSA) is 38.3 Å². The summed E-state index contributed by atoms with van der Waals surface area (Å²) in [4.78, 5) is 10.1. The number of ether oxygens (including phenoxy) is 1. The molecule has 0 radical (unpaired) electrons. The zero-order valence-electron chi connectivity index (χ0n) is 16.9. The molecule has 0 saturated carbocycles. The lowest BCUT2D eigenvalue weighted by molar-refractivity contribution is 0.443. The third-order valence-electron chi connectivity index (χ3n) is 4.92. The smallest absolute Gasteiger partial charge is 0.234 e. The van der Waals surface area contributed by atoms with Crippen molar-refractivity contribution in [3.63, 3.8) is 0 Å². The van der Waals surface area contributed by atoms with Gasteiger partial charge in [0.25, 0.3) is 0 Å². The maximum atomic E-state index is 6.42. The number of rotatable bonds is 5. The standard InChI is InChI=1S/C23H24ClN3OS/c1-15-10-16(2)22(17(3)11-15)28-23-21(29-27-8-4-5-9-27)7-6-20(26-23)18-12-19(24)14-25-13-18/h6-7,10-14H,4-5,8-9H2,1-3H3. The molecule has 0 amide bonds. The largest absolute Gasteiger partial charge is 0.437 e. The number of aryl methyl sites for hydroxylation is 3. The van der Waals surface area contributed by atoms with E-state index in [-0.39, 0.29) is 0 Å². The van der Waals surface area contributed by atoms with E-state index in [9.17, 15) is 0 Å². The monoisotopic (exact) mass is 425 g/mol. The number of nitrogens with zero attached hydrogens (tertiary/aromatic N) is 3. The molecule has 4 rings (SSSR count). The maximum absolute atomic E-state index is 6.42. The van der Waals surface area contributed by atoms with Crippen LogP contribution < -0.4 is 4.74 Å². The van der Waals surface area contributed by atoms with E-state index in [1.165, 1.54) is 18.4 Å². The van der Waals surface area contributed by atoms with Crippen molar-refractivity contribution in [2.24, 2.45) is 0 Å². The molecule has 1 saturated heterocycles. The molecule has 3 aromatic rings. The Hall–Kier alpha value is -2.08. The van der Waals surface area contributed by atoms with Crippen LogP contribution in [0.4, 0.5) is 0 Å². The van der Waals surface area contributed by atoms with Gasteiger partial charge in [-0.1, -0.05) is 29.3 Å². The lowest BCUT2D eigenvalue weighted by Gasteiger charge is -2.18. The fraction of sp³-hybridized carbons (Fsp3) is 0.304. The Bertz CT molecular complexity index is 1010. The number of pyridine rings is 2. The van der Waals surface area contributed by atoms with Gasteiger partial charge in [0.1, 0.15) is 5.75 Å². The predicted molar refractivity (Wildman–Crippen MR) is 120 cm³/mol. The molecule has 0 bridgehead atoms. The van der Waals surface area contributed by atoms with Crippen molar-refractivity contribution in [2.75, 3.05) is 13.1 Å². The van der Waals surface area contributed by atoms with E-state index in [1.54, 1.807) is 24.3 Å². The first-order chi connectivity index (χ1) is 14.0. The van der Waals surface area contributed by atoms with Crippen LogP contribution in [0.25, 0.3) is 11.3 Å². The van der Waals surface area contributed by atoms with Gasteiger partial charge >= 0.3 is 0 Å². The normalized spacial score (nSPS) is 14.3. The van der Waals surface area contributed by atoms with Crippen LogP contribution >= 0.6 is 23.5 Å². The van der Waals surface area contributed by atoms with E-state index in [0.29, 0.717) is 10.9 Å². The summed E-state index contributed by atoms with van der Waals surface area (Å²) >= 11 is 7.86. The number of hydrogen-bond donors (Lipinski definition) is 0. The van der Waals surface area contributed by atoms with Crippen molar-refractivity contribution in [3.8, 4) is 22.9 Å². The molecule has 29 heavy (non-hydrogen) atoms. The molecule has 0 unspecified atom stereocenters. The van der Waals surface area contributed by atoms with E-state index in [0.717, 1.165) is 46.1 Å². The molecule has 1 aromatic carbocycles. The second-order valence-corrected chi connectivity index (χ2v) is 9.02. The van der Waals surface area contributed by atoms with Crippen LogP contribution in [0.2, 0.25) is 5.02 Å². The van der Waals surface area contributed by atoms with Gasteiger partial charge in [0, 0.05) is 31.0 Å². The van der Waals surface area contributed by atoms with E-state index in [2.05, 4.69) is 48.3 Å². The molecular formula is C23H24ClN3OS. The van der Waals surface area contributed by atoms with Crippen molar-refractivity contribution < 1.29 is 4.74 Å². The minimum Gasteiger partial charge on any atom is -0.437 e. The van der Waals surface area contributed by atoms with Crippen LogP contribution in [0.5, 0.6) is 11.6 Å². The molecule has 1 aliphatic rings. The molecule has 0 atom stereocenters. The Labute approximate surface area is 181 Å². The van der Waals surface area contributed by atoms with Gasteiger partial charge in [-0.15, -0.1) is 0 Å². The number of aromatic nitrogens is 2. The number of halogens is 1. The van der Waals surface area contributed by atoms with Crippen molar-refractivity contribution in [2.45, 2.75) is 38.5 Å². The first-order valence-corrected chi connectivity index (χ1v) is 11.0. The summed E-state index contributed by atoms with van der Waals surface area (Å²) in [6, 6.07) is 10.2. The molecule has 4 nitrogen and oxygen atoms in total. The molecule has 1 aliphatic heterocycles. The third-order valence-corrected chi connectivity index (χ3v) is 6.26. The Kier molecular flexibility index (Phi) is 6.09. The van der Waals surface area contributed by atoms with Crippen molar-refractivity contribution >= 4 is 23.5 Å². The minimum absolute atomic E-state index is 0.590. The Balaban J connectivity index is 1.74. The predicted octanol–water partition coefficient (Wildman–Crippen LogP) is 6.62. The molecule has 1 fully saturated rings. The lowest BCUT2D eigenvalue weighted by Crippen LogP contribution is -2.09. The molecule has 2 aromatic heterocycles. The van der Waals surface area contributed by atoms with E-state index in [4.69, 9.17) is 21.3 Å². The van der Waals surface area contributed by atoms with Gasteiger partial charge in [0.2, 0.25) is 5.88 Å². The summed E-state index contributed by atoms with van der Waals surface area (Å²) in [6.07, 6.45) is 5.87. The van der Waals surface area contributed by atoms with Crippen molar-refractivity contribution in [1.82, 2.24) is 14.3 Å². The summed E-state index contributed by atoms with van der Waals surface area (Å²) in [5.41, 5.74) is 5.11. The highest BCUT2D eigenvalue weighted by molar-refractivity contribution is 7.97. The fourth-order valence-electron chi connectivity index (χ4n) is 3.63. The van der Waals surface area contributed by atoms with Crippen LogP contribution in [0.3, 0.4) is 0 Å². The van der Waals surface area contributed by atoms with Gasteiger partial charge in [-0.3, -0.25) is 4.98 Å². The van der Waals surface area contributed by atoms with Crippen LogP contribution in [0.1, 0.15) is 29.5 Å². The van der Waals surface area contributed by atoms with Crippen LogP contribution in [-0.2, 0) is 0 Å². The molecule has 0 aliphatic carbocycles. The van der Waals surface area contributed by atoms with Crippen molar-refractivity contribution in [3.05, 3.63) is 64.4 Å². The first-order valence-electron chi connectivity index (χ1n) is 9.80. The number of benzene rings is 1. The minimum atomic E-state index is 0.590. The quantitative estimate of drug-likeness (QED) is 0.429. The molecule has 0 spiro atoms. The lowest BCUT2D eigenvalue weighted by atomic mass is 10.1.